The summed E-state index contributed by atoms with van der Waals surface area (Å²) in [5.41, 5.74) is -4.51. The van der Waals surface area contributed by atoms with Gasteiger partial charge >= 0.3 is 18.0 Å². The number of anilines is 1. The van der Waals surface area contributed by atoms with E-state index in [1.165, 1.54) is 24.4 Å². The first-order valence-electron chi connectivity index (χ1n) is 5.66. The van der Waals surface area contributed by atoms with E-state index in [1.54, 1.807) is 0 Å². The predicted molar refractivity (Wildman–Crippen MR) is 63.5 cm³/mol. The molecule has 0 heterocycles. The largest absolute Gasteiger partial charge is 0.439 e. The van der Waals surface area contributed by atoms with E-state index in [4.69, 9.17) is 0 Å². The van der Waals surface area contributed by atoms with Gasteiger partial charge in [0.05, 0.1) is 0 Å². The third-order valence-electron chi connectivity index (χ3n) is 2.56. The normalized spacial score (nSPS) is 13.0. The van der Waals surface area contributed by atoms with Crippen LogP contribution in [-0.2, 0) is 4.79 Å². The number of amides is 1. The van der Waals surface area contributed by atoms with Crippen LogP contribution in [0.15, 0.2) is 24.3 Å². The van der Waals surface area contributed by atoms with Gasteiger partial charge in [-0.2, -0.15) is 26.3 Å². The minimum atomic E-state index is -5.79. The number of hydrogen-bond donors (Lipinski definition) is 2. The van der Waals surface area contributed by atoms with Gasteiger partial charge in [-0.25, -0.2) is 0 Å². The van der Waals surface area contributed by atoms with Crippen LogP contribution in [0.4, 0.5) is 32.0 Å². The lowest BCUT2D eigenvalue weighted by atomic mass is 10.1. The molecule has 1 rings (SSSR count). The third-order valence-corrected chi connectivity index (χ3v) is 2.56. The standard InChI is InChI=1S/C12H12F6N2O/c1-7-4-3-5-9(6-7)20-10(11(13,14)15,12(16,17)18)19-8(2)21/h3-6,20H,1-2H3,(H,19,21). The van der Waals surface area contributed by atoms with Crippen LogP contribution in [-0.4, -0.2) is 23.9 Å². The van der Waals surface area contributed by atoms with E-state index in [0.717, 1.165) is 17.4 Å². The number of rotatable bonds is 3. The molecule has 0 atom stereocenters. The second kappa shape index (κ2) is 5.45. The Bertz CT molecular complexity index is 509. The highest BCUT2D eigenvalue weighted by atomic mass is 19.4. The summed E-state index contributed by atoms with van der Waals surface area (Å²) in [6, 6.07) is 4.95. The Morgan fingerprint density at radius 1 is 1.05 bits per heavy atom. The van der Waals surface area contributed by atoms with Crippen LogP contribution >= 0.6 is 0 Å². The number of carbonyl (C=O) groups is 1. The lowest BCUT2D eigenvalue weighted by molar-refractivity contribution is -0.295. The molecule has 0 bridgehead atoms. The van der Waals surface area contributed by atoms with Gasteiger partial charge in [0.15, 0.2) is 0 Å². The van der Waals surface area contributed by atoms with Crippen molar-refractivity contribution in [3.63, 3.8) is 0 Å². The topological polar surface area (TPSA) is 41.1 Å². The van der Waals surface area contributed by atoms with E-state index < -0.39 is 29.6 Å². The van der Waals surface area contributed by atoms with E-state index in [-0.39, 0.29) is 0 Å². The molecule has 0 spiro atoms. The monoisotopic (exact) mass is 314 g/mol. The van der Waals surface area contributed by atoms with E-state index in [0.29, 0.717) is 12.5 Å². The van der Waals surface area contributed by atoms with Gasteiger partial charge in [0.25, 0.3) is 0 Å². The van der Waals surface area contributed by atoms with Crippen molar-refractivity contribution in [1.82, 2.24) is 5.32 Å². The van der Waals surface area contributed by atoms with Crippen LogP contribution in [0.2, 0.25) is 0 Å². The maximum Gasteiger partial charge on any atom is 0.439 e. The van der Waals surface area contributed by atoms with Crippen LogP contribution in [0.25, 0.3) is 0 Å². The maximum atomic E-state index is 13.0. The molecule has 0 saturated carbocycles. The molecule has 0 aliphatic rings. The molecule has 0 aromatic heterocycles. The highest BCUT2D eigenvalue weighted by Gasteiger charge is 2.72. The number of hydrogen-bond acceptors (Lipinski definition) is 2. The predicted octanol–water partition coefficient (Wildman–Crippen LogP) is 3.36. The molecular formula is C12H12F6N2O. The molecule has 2 N–H and O–H groups in total. The zero-order valence-electron chi connectivity index (χ0n) is 11.0. The van der Waals surface area contributed by atoms with Crippen LogP contribution in [0.3, 0.4) is 0 Å². The molecule has 9 heteroatoms. The molecule has 1 aromatic rings. The van der Waals surface area contributed by atoms with Crippen molar-refractivity contribution in [2.45, 2.75) is 31.9 Å². The average Bonchev–Trinajstić information content (AvgIpc) is 2.24. The fraction of sp³-hybridized carbons (Fsp3) is 0.417. The molecule has 0 fully saturated rings. The van der Waals surface area contributed by atoms with E-state index in [1.807, 2.05) is 0 Å². The van der Waals surface area contributed by atoms with Gasteiger partial charge in [0.1, 0.15) is 0 Å². The van der Waals surface area contributed by atoms with Gasteiger partial charge < -0.3 is 10.6 Å². The van der Waals surface area contributed by atoms with Gasteiger partial charge in [-0.3, -0.25) is 4.79 Å². The summed E-state index contributed by atoms with van der Waals surface area (Å²) in [4.78, 5) is 10.9. The van der Waals surface area contributed by atoms with Crippen LogP contribution in [0.5, 0.6) is 0 Å². The molecule has 1 amide bonds. The molecule has 0 aliphatic carbocycles. The third kappa shape index (κ3) is 3.59. The highest BCUT2D eigenvalue weighted by Crippen LogP contribution is 2.43. The molecule has 0 unspecified atom stereocenters. The summed E-state index contributed by atoms with van der Waals surface area (Å²) in [7, 11) is 0. The number of nitrogens with one attached hydrogen (secondary N) is 2. The lowest BCUT2D eigenvalue weighted by Crippen LogP contribution is -2.71. The van der Waals surface area contributed by atoms with Crippen molar-refractivity contribution in [2.75, 3.05) is 5.32 Å². The Morgan fingerprint density at radius 2 is 1.57 bits per heavy atom. The SMILES string of the molecule is CC(=O)NC(Nc1cccc(C)c1)(C(F)(F)F)C(F)(F)F. The summed E-state index contributed by atoms with van der Waals surface area (Å²) < 4.78 is 78.1. The number of aryl methyl sites for hydroxylation is 1. The fourth-order valence-electron chi connectivity index (χ4n) is 1.68. The van der Waals surface area contributed by atoms with Crippen molar-refractivity contribution in [3.05, 3.63) is 29.8 Å². The first-order valence-corrected chi connectivity index (χ1v) is 5.66. The Labute approximate surface area is 116 Å². The number of halogens is 6. The van der Waals surface area contributed by atoms with Gasteiger partial charge in [-0.1, -0.05) is 12.1 Å². The maximum absolute atomic E-state index is 13.0. The number of alkyl halides is 6. The lowest BCUT2D eigenvalue weighted by Gasteiger charge is -2.38. The Balaban J connectivity index is 3.39. The van der Waals surface area contributed by atoms with Crippen LogP contribution in [0.1, 0.15) is 12.5 Å². The summed E-state index contributed by atoms with van der Waals surface area (Å²) >= 11 is 0. The van der Waals surface area contributed by atoms with Crippen LogP contribution in [0, 0.1) is 6.92 Å². The minimum absolute atomic E-state index is 0.418. The average molecular weight is 314 g/mol. The van der Waals surface area contributed by atoms with Gasteiger partial charge in [-0.05, 0) is 24.6 Å². The zero-order valence-corrected chi connectivity index (χ0v) is 11.0. The second-order valence-electron chi connectivity index (χ2n) is 4.42. The van der Waals surface area contributed by atoms with E-state index in [2.05, 4.69) is 0 Å². The zero-order chi connectivity index (χ0) is 16.5. The van der Waals surface area contributed by atoms with Gasteiger partial charge in [0.2, 0.25) is 5.91 Å². The molecule has 118 valence electrons. The molecule has 0 radical (unpaired) electrons. The molecule has 3 nitrogen and oxygen atoms in total. The molecule has 0 saturated heterocycles. The summed E-state index contributed by atoms with van der Waals surface area (Å²) in [5, 5.41) is 2.30. The molecule has 21 heavy (non-hydrogen) atoms. The van der Waals surface area contributed by atoms with Crippen molar-refractivity contribution < 1.29 is 31.1 Å². The van der Waals surface area contributed by atoms with Crippen LogP contribution < -0.4 is 10.6 Å². The first kappa shape index (κ1) is 17.1. The first-order chi connectivity index (χ1) is 9.39. The van der Waals surface area contributed by atoms with Crippen molar-refractivity contribution in [3.8, 4) is 0 Å². The fourth-order valence-corrected chi connectivity index (χ4v) is 1.68. The molecular weight excluding hydrogens is 302 g/mol. The second-order valence-corrected chi connectivity index (χ2v) is 4.42. The Kier molecular flexibility index (Phi) is 4.45. The summed E-state index contributed by atoms with van der Waals surface area (Å²) in [5.74, 6) is -1.47. The molecule has 0 aliphatic heterocycles. The minimum Gasteiger partial charge on any atom is -0.348 e. The van der Waals surface area contributed by atoms with E-state index >= 15 is 0 Å². The Hall–Kier alpha value is -1.93. The quantitative estimate of drug-likeness (QED) is 0.663. The van der Waals surface area contributed by atoms with Crippen molar-refractivity contribution in [1.29, 1.82) is 0 Å². The van der Waals surface area contributed by atoms with Gasteiger partial charge in [0, 0.05) is 12.6 Å². The highest BCUT2D eigenvalue weighted by molar-refractivity contribution is 5.75. The smallest absolute Gasteiger partial charge is 0.348 e. The number of benzene rings is 1. The van der Waals surface area contributed by atoms with Crippen molar-refractivity contribution in [2.24, 2.45) is 0 Å². The van der Waals surface area contributed by atoms with Gasteiger partial charge in [-0.15, -0.1) is 0 Å². The van der Waals surface area contributed by atoms with Crippen molar-refractivity contribution >= 4 is 11.6 Å². The van der Waals surface area contributed by atoms with E-state index in [9.17, 15) is 31.1 Å². The number of carbonyl (C=O) groups excluding carboxylic acids is 1. The Morgan fingerprint density at radius 3 is 1.95 bits per heavy atom. The molecule has 1 aromatic carbocycles. The summed E-state index contributed by atoms with van der Waals surface area (Å²) in [6.07, 6.45) is -11.6. The summed E-state index contributed by atoms with van der Waals surface area (Å²) in [6.45, 7) is 2.08.